The zero-order valence-electron chi connectivity index (χ0n) is 8.67. The lowest BCUT2D eigenvalue weighted by molar-refractivity contribution is -0.144. The molecule has 3 nitrogen and oxygen atoms in total. The minimum absolute atomic E-state index is 0.189. The Morgan fingerprint density at radius 2 is 2.13 bits per heavy atom. The summed E-state index contributed by atoms with van der Waals surface area (Å²) in [5.74, 6) is 0. The fraction of sp³-hybridized carbons (Fsp3) is 0.667. The van der Waals surface area contributed by atoms with Gasteiger partial charge in [0.05, 0.1) is 5.69 Å². The number of aryl methyl sites for hydroxylation is 1. The van der Waals surface area contributed by atoms with Crippen LogP contribution in [-0.4, -0.2) is 15.8 Å². The molecule has 0 saturated heterocycles. The van der Waals surface area contributed by atoms with Crippen LogP contribution in [0.25, 0.3) is 0 Å². The minimum atomic E-state index is -4.35. The molecule has 1 aromatic rings. The molecule has 0 aliphatic heterocycles. The molecule has 1 rings (SSSR count). The molecule has 0 fully saturated rings. The van der Waals surface area contributed by atoms with E-state index in [1.165, 1.54) is 0 Å². The monoisotopic (exact) mass is 221 g/mol. The van der Waals surface area contributed by atoms with E-state index >= 15 is 0 Å². The van der Waals surface area contributed by atoms with Crippen LogP contribution < -0.4 is 5.73 Å². The maximum absolute atomic E-state index is 12.5. The zero-order valence-corrected chi connectivity index (χ0v) is 8.67. The Hall–Kier alpha value is -1.04. The number of halogens is 3. The third kappa shape index (κ3) is 2.95. The molecule has 1 unspecified atom stereocenters. The average Bonchev–Trinajstić information content (AvgIpc) is 2.45. The van der Waals surface area contributed by atoms with Gasteiger partial charge in [-0.05, 0) is 19.9 Å². The smallest absolute Gasteiger partial charge is 0.328 e. The predicted octanol–water partition coefficient (Wildman–Crippen LogP) is 1.81. The summed E-state index contributed by atoms with van der Waals surface area (Å²) in [7, 11) is 0. The molecule has 1 aromatic heterocycles. The molecule has 15 heavy (non-hydrogen) atoms. The normalized spacial score (nSPS) is 14.3. The van der Waals surface area contributed by atoms with Gasteiger partial charge in [0.2, 0.25) is 0 Å². The average molecular weight is 221 g/mol. The summed E-state index contributed by atoms with van der Waals surface area (Å²) < 4.78 is 38.4. The first-order chi connectivity index (χ1) is 6.84. The van der Waals surface area contributed by atoms with Gasteiger partial charge < -0.3 is 5.73 Å². The first-order valence-corrected chi connectivity index (χ1v) is 4.74. The van der Waals surface area contributed by atoms with Gasteiger partial charge in [-0.3, -0.25) is 4.68 Å². The maximum Gasteiger partial charge on any atom is 0.433 e. The summed E-state index contributed by atoms with van der Waals surface area (Å²) in [5.41, 5.74) is 5.18. The largest absolute Gasteiger partial charge is 0.433 e. The van der Waals surface area contributed by atoms with Crippen molar-refractivity contribution in [3.8, 4) is 0 Å². The Bertz CT molecular complexity index is 328. The molecule has 86 valence electrons. The third-order valence-corrected chi connectivity index (χ3v) is 1.95. The molecule has 0 aliphatic rings. The fourth-order valence-corrected chi connectivity index (χ4v) is 1.37. The summed E-state index contributed by atoms with van der Waals surface area (Å²) in [6.07, 6.45) is -3.99. The van der Waals surface area contributed by atoms with Crippen molar-refractivity contribution >= 4 is 0 Å². The van der Waals surface area contributed by atoms with E-state index in [9.17, 15) is 13.2 Å². The molecule has 0 spiro atoms. The van der Waals surface area contributed by atoms with Crippen LogP contribution in [0, 0.1) is 0 Å². The molecule has 0 bridgehead atoms. The van der Waals surface area contributed by atoms with Gasteiger partial charge in [-0.15, -0.1) is 0 Å². The molecule has 6 heteroatoms. The highest BCUT2D eigenvalue weighted by Crippen LogP contribution is 2.29. The second kappa shape index (κ2) is 4.22. The van der Waals surface area contributed by atoms with Crippen LogP contribution in [0.5, 0.6) is 0 Å². The van der Waals surface area contributed by atoms with Crippen molar-refractivity contribution < 1.29 is 13.2 Å². The van der Waals surface area contributed by atoms with Gasteiger partial charge in [0, 0.05) is 19.0 Å². The lowest BCUT2D eigenvalue weighted by Crippen LogP contribution is -2.18. The quantitative estimate of drug-likeness (QED) is 0.845. The Morgan fingerprint density at radius 1 is 1.53 bits per heavy atom. The summed E-state index contributed by atoms with van der Waals surface area (Å²) in [4.78, 5) is 0. The fourth-order valence-electron chi connectivity index (χ4n) is 1.37. The van der Waals surface area contributed by atoms with Gasteiger partial charge in [-0.25, -0.2) is 0 Å². The van der Waals surface area contributed by atoms with E-state index in [1.807, 2.05) is 0 Å². The van der Waals surface area contributed by atoms with Gasteiger partial charge in [0.15, 0.2) is 0 Å². The number of rotatable bonds is 3. The van der Waals surface area contributed by atoms with Crippen LogP contribution in [0.4, 0.5) is 13.2 Å². The van der Waals surface area contributed by atoms with Gasteiger partial charge >= 0.3 is 6.18 Å². The zero-order chi connectivity index (χ0) is 11.6. The number of nitrogens with two attached hydrogens (primary N) is 1. The van der Waals surface area contributed by atoms with E-state index in [2.05, 4.69) is 5.10 Å². The van der Waals surface area contributed by atoms with Crippen LogP contribution >= 0.6 is 0 Å². The standard InChI is InChI=1S/C9H14F3N3/c1-3-15-8(9(10,11)12)5-7(14-15)4-6(2)13/h5-6H,3-4,13H2,1-2H3. The summed E-state index contributed by atoms with van der Waals surface area (Å²) in [5, 5.41) is 3.85. The molecule has 0 saturated carbocycles. The van der Waals surface area contributed by atoms with E-state index in [0.29, 0.717) is 12.1 Å². The molecule has 1 heterocycles. The van der Waals surface area contributed by atoms with Gasteiger partial charge in [-0.2, -0.15) is 18.3 Å². The van der Waals surface area contributed by atoms with Crippen molar-refractivity contribution in [2.45, 2.75) is 39.0 Å². The van der Waals surface area contributed by atoms with Crippen molar-refractivity contribution in [2.75, 3.05) is 0 Å². The van der Waals surface area contributed by atoms with Gasteiger partial charge in [-0.1, -0.05) is 0 Å². The molecule has 0 aromatic carbocycles. The first-order valence-electron chi connectivity index (χ1n) is 4.74. The van der Waals surface area contributed by atoms with E-state index < -0.39 is 11.9 Å². The predicted molar refractivity (Wildman–Crippen MR) is 50.3 cm³/mol. The molecule has 0 amide bonds. The highest BCUT2D eigenvalue weighted by Gasteiger charge is 2.35. The van der Waals surface area contributed by atoms with Gasteiger partial charge in [0.1, 0.15) is 5.69 Å². The number of aromatic nitrogens is 2. The summed E-state index contributed by atoms with van der Waals surface area (Å²) >= 11 is 0. The van der Waals surface area contributed by atoms with E-state index in [-0.39, 0.29) is 12.6 Å². The Morgan fingerprint density at radius 3 is 2.47 bits per heavy atom. The SMILES string of the molecule is CCn1nc(CC(C)N)cc1C(F)(F)F. The highest BCUT2D eigenvalue weighted by molar-refractivity contribution is 5.14. The van der Waals surface area contributed by atoms with Gasteiger partial charge in [0.25, 0.3) is 0 Å². The second-order valence-electron chi connectivity index (χ2n) is 3.52. The van der Waals surface area contributed by atoms with Crippen LogP contribution in [-0.2, 0) is 19.1 Å². The topological polar surface area (TPSA) is 43.8 Å². The lowest BCUT2D eigenvalue weighted by Gasteiger charge is -2.07. The maximum atomic E-state index is 12.5. The van der Waals surface area contributed by atoms with Crippen LogP contribution in [0.3, 0.4) is 0 Å². The van der Waals surface area contributed by atoms with Crippen molar-refractivity contribution in [1.29, 1.82) is 0 Å². The molecular weight excluding hydrogens is 207 g/mol. The van der Waals surface area contributed by atoms with E-state index in [1.54, 1.807) is 13.8 Å². The van der Waals surface area contributed by atoms with E-state index in [4.69, 9.17) is 5.73 Å². The van der Waals surface area contributed by atoms with Crippen LogP contribution in [0.1, 0.15) is 25.2 Å². The van der Waals surface area contributed by atoms with Crippen LogP contribution in [0.15, 0.2) is 6.07 Å². The minimum Gasteiger partial charge on any atom is -0.328 e. The van der Waals surface area contributed by atoms with Crippen molar-refractivity contribution in [2.24, 2.45) is 5.73 Å². The van der Waals surface area contributed by atoms with Crippen molar-refractivity contribution in [3.05, 3.63) is 17.5 Å². The van der Waals surface area contributed by atoms with Crippen molar-refractivity contribution in [3.63, 3.8) is 0 Å². The summed E-state index contributed by atoms with van der Waals surface area (Å²) in [6.45, 7) is 3.56. The molecule has 2 N–H and O–H groups in total. The number of hydrogen-bond donors (Lipinski definition) is 1. The summed E-state index contributed by atoms with van der Waals surface area (Å²) in [6, 6.07) is 0.874. The Balaban J connectivity index is 3.01. The number of hydrogen-bond acceptors (Lipinski definition) is 2. The van der Waals surface area contributed by atoms with Crippen LogP contribution in [0.2, 0.25) is 0 Å². The van der Waals surface area contributed by atoms with E-state index in [0.717, 1.165) is 10.7 Å². The van der Waals surface area contributed by atoms with Crippen molar-refractivity contribution in [1.82, 2.24) is 9.78 Å². The molecule has 1 atom stereocenters. The Kier molecular flexibility index (Phi) is 3.38. The number of alkyl halides is 3. The highest BCUT2D eigenvalue weighted by atomic mass is 19.4. The third-order valence-electron chi connectivity index (χ3n) is 1.95. The first kappa shape index (κ1) is 12.0. The Labute approximate surface area is 86.1 Å². The molecule has 0 radical (unpaired) electrons. The number of nitrogens with zero attached hydrogens (tertiary/aromatic N) is 2. The lowest BCUT2D eigenvalue weighted by atomic mass is 10.2. The molecular formula is C9H14F3N3. The molecule has 0 aliphatic carbocycles. The second-order valence-corrected chi connectivity index (χ2v) is 3.52.